The normalized spacial score (nSPS) is 16.0. The summed E-state index contributed by atoms with van der Waals surface area (Å²) in [7, 11) is 0. The molecule has 0 aliphatic carbocycles. The van der Waals surface area contributed by atoms with Gasteiger partial charge in [0.25, 0.3) is 0 Å². The molecule has 2 aromatic carbocycles. The maximum Gasteiger partial charge on any atom is 0.303 e. The number of carboxylic acid groups (broad SMARTS) is 1. The number of rotatable bonds is 9. The maximum absolute atomic E-state index is 12.1. The molecule has 0 saturated carbocycles. The summed E-state index contributed by atoms with van der Waals surface area (Å²) in [5.41, 5.74) is 3.37. The van der Waals surface area contributed by atoms with Gasteiger partial charge in [0.15, 0.2) is 0 Å². The fourth-order valence-electron chi connectivity index (χ4n) is 4.62. The Kier molecular flexibility index (Phi) is 7.68. The third-order valence-corrected chi connectivity index (χ3v) is 6.53. The van der Waals surface area contributed by atoms with E-state index in [1.54, 1.807) is 0 Å². The first kappa shape index (κ1) is 22.5. The molecule has 0 amide bonds. The van der Waals surface area contributed by atoms with Gasteiger partial charge >= 0.3 is 5.97 Å². The van der Waals surface area contributed by atoms with Crippen molar-refractivity contribution in [2.24, 2.45) is 5.92 Å². The molecule has 0 atom stereocenters. The van der Waals surface area contributed by atoms with Crippen LogP contribution in [0, 0.1) is 19.8 Å². The van der Waals surface area contributed by atoms with Gasteiger partial charge < -0.3 is 15.1 Å². The number of likely N-dealkylation sites (tertiary alicyclic amines) is 1. The number of piperidine rings is 1. The molecular weight excluding hydrogens is 374 g/mol. The molecule has 1 aliphatic rings. The zero-order chi connectivity index (χ0) is 21.6. The summed E-state index contributed by atoms with van der Waals surface area (Å²) < 4.78 is 0. The number of aliphatic hydroxyl groups is 1. The van der Waals surface area contributed by atoms with Crippen molar-refractivity contribution in [3.8, 4) is 0 Å². The third-order valence-electron chi connectivity index (χ3n) is 6.53. The van der Waals surface area contributed by atoms with Crippen molar-refractivity contribution in [3.05, 3.63) is 70.8 Å². The molecule has 1 fully saturated rings. The topological polar surface area (TPSA) is 60.8 Å². The lowest BCUT2D eigenvalue weighted by Gasteiger charge is -2.42. The first-order valence-electron chi connectivity index (χ1n) is 11.2. The Morgan fingerprint density at radius 2 is 1.40 bits per heavy atom. The van der Waals surface area contributed by atoms with E-state index in [1.165, 1.54) is 11.1 Å². The number of hydrogen-bond donors (Lipinski definition) is 2. The lowest BCUT2D eigenvalue weighted by molar-refractivity contribution is -0.137. The van der Waals surface area contributed by atoms with E-state index in [0.29, 0.717) is 0 Å². The number of unbranched alkanes of at least 4 members (excludes halogenated alkanes) is 2. The van der Waals surface area contributed by atoms with Crippen LogP contribution >= 0.6 is 0 Å². The molecule has 1 heterocycles. The van der Waals surface area contributed by atoms with E-state index in [0.717, 1.165) is 62.9 Å². The largest absolute Gasteiger partial charge is 0.481 e. The van der Waals surface area contributed by atoms with E-state index in [2.05, 4.69) is 67.3 Å². The summed E-state index contributed by atoms with van der Waals surface area (Å²) in [4.78, 5) is 13.1. The summed E-state index contributed by atoms with van der Waals surface area (Å²) >= 11 is 0. The Hall–Kier alpha value is -2.17. The van der Waals surface area contributed by atoms with Gasteiger partial charge in [-0.1, -0.05) is 66.1 Å². The van der Waals surface area contributed by atoms with Crippen LogP contribution in [0.3, 0.4) is 0 Å². The van der Waals surface area contributed by atoms with Crippen LogP contribution in [0.4, 0.5) is 0 Å². The number of carbonyl (C=O) groups is 1. The predicted octanol–water partition coefficient (Wildman–Crippen LogP) is 4.90. The van der Waals surface area contributed by atoms with Gasteiger partial charge in [-0.25, -0.2) is 0 Å². The number of benzene rings is 2. The average Bonchev–Trinajstić information content (AvgIpc) is 2.74. The lowest BCUT2D eigenvalue weighted by atomic mass is 9.72. The highest BCUT2D eigenvalue weighted by atomic mass is 16.4. The molecule has 2 aromatic rings. The Bertz CT molecular complexity index is 760. The van der Waals surface area contributed by atoms with E-state index < -0.39 is 11.6 Å². The van der Waals surface area contributed by atoms with Gasteiger partial charge in [0.2, 0.25) is 0 Å². The van der Waals surface area contributed by atoms with Gasteiger partial charge in [-0.3, -0.25) is 4.79 Å². The Morgan fingerprint density at radius 3 is 1.87 bits per heavy atom. The highest BCUT2D eigenvalue weighted by molar-refractivity contribution is 5.66. The molecule has 2 N–H and O–H groups in total. The molecule has 0 aromatic heterocycles. The average molecular weight is 410 g/mol. The summed E-state index contributed by atoms with van der Waals surface area (Å²) in [5, 5.41) is 20.8. The second kappa shape index (κ2) is 10.2. The van der Waals surface area contributed by atoms with Crippen LogP contribution in [0.2, 0.25) is 0 Å². The molecular formula is C26H35NO3. The minimum Gasteiger partial charge on any atom is -0.481 e. The quantitative estimate of drug-likeness (QED) is 0.579. The number of carboxylic acids is 1. The molecule has 1 aliphatic heterocycles. The SMILES string of the molecule is Cc1ccc(C(O)(c2ccc(C)cc2)C2CCN(CCCCCC(=O)O)CC2)cc1. The second-order valence-corrected chi connectivity index (χ2v) is 8.82. The van der Waals surface area contributed by atoms with Crippen molar-refractivity contribution < 1.29 is 15.0 Å². The van der Waals surface area contributed by atoms with Gasteiger partial charge in [-0.15, -0.1) is 0 Å². The van der Waals surface area contributed by atoms with Crippen molar-refractivity contribution in [2.75, 3.05) is 19.6 Å². The van der Waals surface area contributed by atoms with Gasteiger partial charge in [-0.05, 0) is 76.2 Å². The standard InChI is InChI=1S/C26H35NO3/c1-20-7-11-22(12-8-20)26(30,23-13-9-21(2)10-14-23)24-15-18-27(19-16-24)17-5-3-4-6-25(28)29/h7-14,24,30H,3-6,15-19H2,1-2H3,(H,28,29). The maximum atomic E-state index is 12.1. The lowest BCUT2D eigenvalue weighted by Crippen LogP contribution is -2.44. The van der Waals surface area contributed by atoms with Crippen LogP contribution in [-0.4, -0.2) is 40.7 Å². The molecule has 30 heavy (non-hydrogen) atoms. The van der Waals surface area contributed by atoms with Crippen molar-refractivity contribution in [2.45, 2.75) is 58.0 Å². The van der Waals surface area contributed by atoms with Crippen LogP contribution in [0.5, 0.6) is 0 Å². The summed E-state index contributed by atoms with van der Waals surface area (Å²) in [6.07, 6.45) is 4.93. The fraction of sp³-hybridized carbons (Fsp3) is 0.500. The van der Waals surface area contributed by atoms with Gasteiger partial charge in [0.05, 0.1) is 0 Å². The Balaban J connectivity index is 1.68. The first-order chi connectivity index (χ1) is 14.4. The van der Waals surface area contributed by atoms with E-state index >= 15 is 0 Å². The highest BCUT2D eigenvalue weighted by Gasteiger charge is 2.41. The fourth-order valence-corrected chi connectivity index (χ4v) is 4.62. The van der Waals surface area contributed by atoms with Crippen LogP contribution in [0.1, 0.15) is 60.8 Å². The van der Waals surface area contributed by atoms with E-state index in [1.807, 2.05) is 0 Å². The molecule has 4 nitrogen and oxygen atoms in total. The van der Waals surface area contributed by atoms with Gasteiger partial charge in [0.1, 0.15) is 5.60 Å². The van der Waals surface area contributed by atoms with Crippen LogP contribution < -0.4 is 0 Å². The third kappa shape index (κ3) is 5.50. The van der Waals surface area contributed by atoms with Crippen LogP contribution in [0.15, 0.2) is 48.5 Å². The molecule has 3 rings (SSSR count). The summed E-state index contributed by atoms with van der Waals surface area (Å²) in [6, 6.07) is 16.6. The van der Waals surface area contributed by atoms with Crippen molar-refractivity contribution >= 4 is 5.97 Å². The van der Waals surface area contributed by atoms with Crippen molar-refractivity contribution in [1.29, 1.82) is 0 Å². The smallest absolute Gasteiger partial charge is 0.303 e. The van der Waals surface area contributed by atoms with E-state index in [-0.39, 0.29) is 12.3 Å². The number of aryl methyl sites for hydroxylation is 2. The molecule has 162 valence electrons. The van der Waals surface area contributed by atoms with Gasteiger partial charge in [0, 0.05) is 6.42 Å². The Morgan fingerprint density at radius 1 is 0.900 bits per heavy atom. The summed E-state index contributed by atoms with van der Waals surface area (Å²) in [6.45, 7) is 7.11. The number of nitrogens with zero attached hydrogens (tertiary/aromatic N) is 1. The molecule has 0 bridgehead atoms. The zero-order valence-corrected chi connectivity index (χ0v) is 18.3. The zero-order valence-electron chi connectivity index (χ0n) is 18.3. The second-order valence-electron chi connectivity index (χ2n) is 8.82. The summed E-state index contributed by atoms with van der Waals surface area (Å²) in [5.74, 6) is -0.534. The van der Waals surface area contributed by atoms with E-state index in [9.17, 15) is 9.90 Å². The molecule has 1 saturated heterocycles. The first-order valence-corrected chi connectivity index (χ1v) is 11.2. The number of aliphatic carboxylic acids is 1. The highest BCUT2D eigenvalue weighted by Crippen LogP contribution is 2.42. The van der Waals surface area contributed by atoms with Crippen molar-refractivity contribution in [3.63, 3.8) is 0 Å². The Labute approximate surface area is 180 Å². The van der Waals surface area contributed by atoms with Crippen LogP contribution in [0.25, 0.3) is 0 Å². The minimum absolute atomic E-state index is 0.172. The molecule has 0 unspecified atom stereocenters. The minimum atomic E-state index is -0.977. The molecule has 4 heteroatoms. The predicted molar refractivity (Wildman–Crippen MR) is 121 cm³/mol. The monoisotopic (exact) mass is 409 g/mol. The van der Waals surface area contributed by atoms with Gasteiger partial charge in [-0.2, -0.15) is 0 Å². The van der Waals surface area contributed by atoms with Crippen molar-refractivity contribution in [1.82, 2.24) is 4.90 Å². The van der Waals surface area contributed by atoms with E-state index in [4.69, 9.17) is 5.11 Å². The van der Waals surface area contributed by atoms with Crippen LogP contribution in [-0.2, 0) is 10.4 Å². The molecule has 0 spiro atoms. The molecule has 0 radical (unpaired) electrons. The number of hydrogen-bond acceptors (Lipinski definition) is 3.